The van der Waals surface area contributed by atoms with E-state index in [1.54, 1.807) is 24.4 Å². The number of nitrogens with zero attached hydrogens (tertiary/aromatic N) is 2. The molecule has 0 saturated carbocycles. The van der Waals surface area contributed by atoms with Gasteiger partial charge in [0.25, 0.3) is 5.91 Å². The summed E-state index contributed by atoms with van der Waals surface area (Å²) in [6.45, 7) is -0.417. The summed E-state index contributed by atoms with van der Waals surface area (Å²) in [6.07, 6.45) is 3.66. The number of nitrogens with one attached hydrogen (secondary N) is 2. The molecule has 0 aliphatic heterocycles. The number of para-hydroxylation sites is 1. The quantitative estimate of drug-likeness (QED) is 0.417. The third-order valence-corrected chi connectivity index (χ3v) is 4.64. The summed E-state index contributed by atoms with van der Waals surface area (Å²) in [5, 5.41) is 4.47. The van der Waals surface area contributed by atoms with E-state index in [0.717, 1.165) is 11.7 Å². The van der Waals surface area contributed by atoms with E-state index in [0.29, 0.717) is 11.8 Å². The molecule has 2 N–H and O–H groups in total. The maximum absolute atomic E-state index is 13.7. The van der Waals surface area contributed by atoms with Crippen molar-refractivity contribution in [3.05, 3.63) is 95.7 Å². The highest BCUT2D eigenvalue weighted by molar-refractivity contribution is 6.00. The van der Waals surface area contributed by atoms with Crippen molar-refractivity contribution in [2.24, 2.45) is 0 Å². The number of pyridine rings is 1. The van der Waals surface area contributed by atoms with Crippen LogP contribution < -0.4 is 15.4 Å². The first-order chi connectivity index (χ1) is 15.9. The molecule has 0 spiro atoms. The van der Waals surface area contributed by atoms with Gasteiger partial charge in [-0.3, -0.25) is 9.59 Å². The molecule has 4 rings (SSSR count). The highest BCUT2D eigenvalue weighted by atomic mass is 19.2. The molecule has 2 aromatic carbocycles. The van der Waals surface area contributed by atoms with Crippen LogP contribution in [-0.2, 0) is 11.4 Å². The Balaban J connectivity index is 1.37. The van der Waals surface area contributed by atoms with Gasteiger partial charge in [0.2, 0.25) is 5.91 Å². The third kappa shape index (κ3) is 4.95. The van der Waals surface area contributed by atoms with Crippen LogP contribution in [0, 0.1) is 17.5 Å². The minimum atomic E-state index is -1.70. The number of carbonyl (C=O) groups is 2. The molecule has 2 aromatic heterocycles. The zero-order valence-electron chi connectivity index (χ0n) is 17.0. The molecule has 0 fully saturated rings. The van der Waals surface area contributed by atoms with Gasteiger partial charge in [-0.15, -0.1) is 0 Å². The first kappa shape index (κ1) is 21.9. The second-order valence-electron chi connectivity index (χ2n) is 6.94. The molecule has 2 amide bonds. The third-order valence-electron chi connectivity index (χ3n) is 4.64. The van der Waals surface area contributed by atoms with Gasteiger partial charge in [0.15, 0.2) is 17.5 Å². The number of amides is 2. The molecular weight excluding hydrogens is 437 g/mol. The van der Waals surface area contributed by atoms with Gasteiger partial charge in [-0.05, 0) is 36.4 Å². The van der Waals surface area contributed by atoms with Crippen molar-refractivity contribution in [2.45, 2.75) is 6.61 Å². The van der Waals surface area contributed by atoms with E-state index >= 15 is 0 Å². The van der Waals surface area contributed by atoms with Gasteiger partial charge < -0.3 is 19.8 Å². The number of halogens is 3. The van der Waals surface area contributed by atoms with Gasteiger partial charge in [-0.25, -0.2) is 18.2 Å². The van der Waals surface area contributed by atoms with Crippen molar-refractivity contribution in [1.29, 1.82) is 0 Å². The van der Waals surface area contributed by atoms with Crippen molar-refractivity contribution >= 4 is 23.1 Å². The molecule has 0 aliphatic carbocycles. The number of carbonyl (C=O) groups excluding carboxylic acids is 2. The minimum Gasteiger partial charge on any atom is -0.486 e. The zero-order valence-corrected chi connectivity index (χ0v) is 17.0. The molecule has 0 atom stereocenters. The second kappa shape index (κ2) is 9.43. The van der Waals surface area contributed by atoms with Gasteiger partial charge in [0.1, 0.15) is 18.0 Å². The fourth-order valence-corrected chi connectivity index (χ4v) is 3.06. The van der Waals surface area contributed by atoms with Crippen molar-refractivity contribution < 1.29 is 27.5 Å². The van der Waals surface area contributed by atoms with Crippen LogP contribution in [0.1, 0.15) is 16.1 Å². The normalized spacial score (nSPS) is 10.8. The molecule has 0 aliphatic rings. The van der Waals surface area contributed by atoms with E-state index in [4.69, 9.17) is 4.74 Å². The number of hydrogen-bond donors (Lipinski definition) is 2. The first-order valence-corrected chi connectivity index (χ1v) is 9.78. The van der Waals surface area contributed by atoms with Crippen molar-refractivity contribution in [3.63, 3.8) is 0 Å². The van der Waals surface area contributed by atoms with Crippen LogP contribution in [0.25, 0.3) is 5.65 Å². The molecule has 2 heterocycles. The summed E-state index contributed by atoms with van der Waals surface area (Å²) in [6, 6.07) is 13.6. The maximum Gasteiger partial charge on any atom is 0.255 e. The van der Waals surface area contributed by atoms with E-state index in [2.05, 4.69) is 15.6 Å². The minimum absolute atomic E-state index is 0.113. The van der Waals surface area contributed by atoms with Crippen LogP contribution in [0.2, 0.25) is 0 Å². The molecule has 168 valence electrons. The predicted molar refractivity (Wildman–Crippen MR) is 113 cm³/mol. The molecular formula is C23H17F3N4O3. The number of fused-ring (bicyclic) bond motifs is 1. The first-order valence-electron chi connectivity index (χ1n) is 9.78. The summed E-state index contributed by atoms with van der Waals surface area (Å²) in [4.78, 5) is 29.0. The molecule has 10 heteroatoms. The molecule has 0 unspecified atom stereocenters. The zero-order chi connectivity index (χ0) is 23.4. The largest absolute Gasteiger partial charge is 0.486 e. The number of imidazole rings is 1. The van der Waals surface area contributed by atoms with Crippen LogP contribution in [0.5, 0.6) is 5.75 Å². The summed E-state index contributed by atoms with van der Waals surface area (Å²) in [7, 11) is 0. The summed E-state index contributed by atoms with van der Waals surface area (Å²) < 4.78 is 47.6. The molecule has 0 radical (unpaired) electrons. The topological polar surface area (TPSA) is 84.7 Å². The van der Waals surface area contributed by atoms with Gasteiger partial charge >= 0.3 is 0 Å². The number of benzene rings is 2. The number of hydrogen-bond acceptors (Lipinski definition) is 4. The maximum atomic E-state index is 13.7. The average Bonchev–Trinajstić information content (AvgIpc) is 3.25. The Morgan fingerprint density at radius 1 is 0.970 bits per heavy atom. The van der Waals surface area contributed by atoms with Crippen molar-refractivity contribution in [1.82, 2.24) is 14.7 Å². The van der Waals surface area contributed by atoms with Crippen LogP contribution in [0.15, 0.2) is 67.0 Å². The Morgan fingerprint density at radius 3 is 2.58 bits per heavy atom. The van der Waals surface area contributed by atoms with E-state index in [1.165, 1.54) is 6.07 Å². The van der Waals surface area contributed by atoms with Gasteiger partial charge in [-0.2, -0.15) is 0 Å². The highest BCUT2D eigenvalue weighted by Crippen LogP contribution is 2.21. The Bertz CT molecular complexity index is 1310. The van der Waals surface area contributed by atoms with Gasteiger partial charge in [0, 0.05) is 12.4 Å². The number of aromatic nitrogens is 2. The van der Waals surface area contributed by atoms with Crippen LogP contribution in [-0.4, -0.2) is 27.7 Å². The standard InChI is InChI=1S/C23H17F3N4O3/c24-16-8-9-17(22(26)21(16)25)29-20(31)11-27-23(32)15-5-1-2-6-18(15)33-13-14-12-30-10-4-3-7-19(30)28-14/h1-10,12H,11,13H2,(H,27,32)(H,29,31). The van der Waals surface area contributed by atoms with E-state index < -0.39 is 41.5 Å². The number of anilines is 1. The Kier molecular flexibility index (Phi) is 6.25. The molecule has 4 aromatic rings. The van der Waals surface area contributed by atoms with Crippen LogP contribution in [0.3, 0.4) is 0 Å². The lowest BCUT2D eigenvalue weighted by atomic mass is 10.2. The molecule has 0 saturated heterocycles. The molecule has 7 nitrogen and oxygen atoms in total. The van der Waals surface area contributed by atoms with Crippen LogP contribution in [0.4, 0.5) is 18.9 Å². The number of rotatable bonds is 7. The fourth-order valence-electron chi connectivity index (χ4n) is 3.06. The van der Waals surface area contributed by atoms with Crippen molar-refractivity contribution in [2.75, 3.05) is 11.9 Å². The van der Waals surface area contributed by atoms with E-state index in [-0.39, 0.29) is 17.9 Å². The fraction of sp³-hybridized carbons (Fsp3) is 0.0870. The van der Waals surface area contributed by atoms with Crippen molar-refractivity contribution in [3.8, 4) is 5.75 Å². The second-order valence-corrected chi connectivity index (χ2v) is 6.94. The summed E-state index contributed by atoms with van der Waals surface area (Å²) >= 11 is 0. The van der Waals surface area contributed by atoms with Gasteiger partial charge in [-0.1, -0.05) is 18.2 Å². The Hall–Kier alpha value is -4.34. The Morgan fingerprint density at radius 2 is 1.76 bits per heavy atom. The predicted octanol–water partition coefficient (Wildman–Crippen LogP) is 3.70. The molecule has 0 bridgehead atoms. The number of ether oxygens (including phenoxy) is 1. The smallest absolute Gasteiger partial charge is 0.255 e. The lowest BCUT2D eigenvalue weighted by molar-refractivity contribution is -0.115. The van der Waals surface area contributed by atoms with E-state index in [1.807, 2.05) is 28.8 Å². The summed E-state index contributed by atoms with van der Waals surface area (Å²) in [5.41, 5.74) is 1.05. The lowest BCUT2D eigenvalue weighted by Crippen LogP contribution is -2.33. The monoisotopic (exact) mass is 454 g/mol. The lowest BCUT2D eigenvalue weighted by Gasteiger charge is -2.11. The average molecular weight is 454 g/mol. The Labute approximate surface area is 185 Å². The van der Waals surface area contributed by atoms with E-state index in [9.17, 15) is 22.8 Å². The van der Waals surface area contributed by atoms with Crippen LogP contribution >= 0.6 is 0 Å². The molecule has 33 heavy (non-hydrogen) atoms. The summed E-state index contributed by atoms with van der Waals surface area (Å²) in [5.74, 6) is -5.76. The van der Waals surface area contributed by atoms with Gasteiger partial charge in [0.05, 0.1) is 23.5 Å². The SMILES string of the molecule is O=C(CNC(=O)c1ccccc1OCc1cn2ccccc2n1)Nc1ccc(F)c(F)c1F. The highest BCUT2D eigenvalue weighted by Gasteiger charge is 2.17.